The Morgan fingerprint density at radius 1 is 1.33 bits per heavy atom. The van der Waals surface area contributed by atoms with Crippen molar-refractivity contribution in [2.24, 2.45) is 0 Å². The molecule has 0 unspecified atom stereocenters. The van der Waals surface area contributed by atoms with E-state index >= 15 is 0 Å². The molecule has 0 radical (unpaired) electrons. The number of hydrogen-bond acceptors (Lipinski definition) is 6. The molecule has 0 aliphatic carbocycles. The zero-order valence-electron chi connectivity index (χ0n) is 13.5. The third-order valence-electron chi connectivity index (χ3n) is 3.52. The molecule has 2 aromatic carbocycles. The maximum atomic E-state index is 13.2. The fourth-order valence-electron chi connectivity index (χ4n) is 2.22. The van der Waals surface area contributed by atoms with E-state index in [0.29, 0.717) is 5.01 Å². The quantitative estimate of drug-likeness (QED) is 0.314. The number of anilines is 1. The van der Waals surface area contributed by atoms with Crippen LogP contribution < -0.4 is 5.32 Å². The van der Waals surface area contributed by atoms with Gasteiger partial charge in [-0.15, -0.1) is 11.3 Å². The molecule has 1 aromatic heterocycles. The van der Waals surface area contributed by atoms with Crippen LogP contribution in [0, 0.1) is 27.3 Å². The summed E-state index contributed by atoms with van der Waals surface area (Å²) in [5.74, 6) is -0.712. The van der Waals surface area contributed by atoms with Gasteiger partial charge >= 0.3 is 0 Å². The van der Waals surface area contributed by atoms with E-state index in [-0.39, 0.29) is 11.3 Å². The Hall–Kier alpha value is -3.09. The van der Waals surface area contributed by atoms with Gasteiger partial charge in [-0.2, -0.15) is 5.26 Å². The van der Waals surface area contributed by atoms with E-state index < -0.39 is 16.4 Å². The Balaban J connectivity index is 1.87. The van der Waals surface area contributed by atoms with Gasteiger partial charge in [0.05, 0.1) is 16.7 Å². The molecule has 27 heavy (non-hydrogen) atoms. The minimum absolute atomic E-state index is 0.0823. The molecule has 0 amide bonds. The third kappa shape index (κ3) is 4.36. The first-order valence-corrected chi connectivity index (χ1v) is 9.18. The highest BCUT2D eigenvalue weighted by Gasteiger charge is 2.15. The van der Waals surface area contributed by atoms with Gasteiger partial charge in [-0.25, -0.2) is 9.37 Å². The minimum Gasteiger partial charge on any atom is -0.355 e. The lowest BCUT2D eigenvalue weighted by Crippen LogP contribution is -1.97. The van der Waals surface area contributed by atoms with Crippen molar-refractivity contribution in [1.82, 2.24) is 4.98 Å². The van der Waals surface area contributed by atoms with E-state index in [1.165, 1.54) is 23.6 Å². The topological polar surface area (TPSA) is 91.8 Å². The number of nitriles is 1. The Morgan fingerprint density at radius 2 is 2.07 bits per heavy atom. The maximum absolute atomic E-state index is 13.2. The molecule has 0 atom stereocenters. The van der Waals surface area contributed by atoms with Crippen LogP contribution >= 0.6 is 27.3 Å². The summed E-state index contributed by atoms with van der Waals surface area (Å²) in [7, 11) is 0. The summed E-state index contributed by atoms with van der Waals surface area (Å²) < 4.78 is 14.2. The van der Waals surface area contributed by atoms with Crippen LogP contribution in [0.2, 0.25) is 0 Å². The Kier molecular flexibility index (Phi) is 5.59. The molecule has 0 saturated carbocycles. The summed E-state index contributed by atoms with van der Waals surface area (Å²) in [5.41, 5.74) is 1.50. The van der Waals surface area contributed by atoms with Gasteiger partial charge in [-0.05, 0) is 24.3 Å². The molecule has 3 rings (SSSR count). The average Bonchev–Trinajstić information content (AvgIpc) is 3.13. The molecule has 0 bridgehead atoms. The fourth-order valence-corrected chi connectivity index (χ4v) is 3.28. The summed E-state index contributed by atoms with van der Waals surface area (Å²) in [6, 6.07) is 12.8. The first-order valence-electron chi connectivity index (χ1n) is 7.50. The predicted octanol–water partition coefficient (Wildman–Crippen LogP) is 5.60. The zero-order chi connectivity index (χ0) is 19.4. The highest BCUT2D eigenvalue weighted by molar-refractivity contribution is 9.10. The van der Waals surface area contributed by atoms with E-state index in [0.717, 1.165) is 27.9 Å². The van der Waals surface area contributed by atoms with E-state index in [2.05, 4.69) is 26.2 Å². The summed E-state index contributed by atoms with van der Waals surface area (Å²) >= 11 is 4.65. The number of benzene rings is 2. The summed E-state index contributed by atoms with van der Waals surface area (Å²) in [4.78, 5) is 14.8. The van der Waals surface area contributed by atoms with Crippen molar-refractivity contribution in [3.8, 4) is 17.3 Å². The molecule has 9 heteroatoms. The van der Waals surface area contributed by atoms with Crippen LogP contribution in [0.1, 0.15) is 5.01 Å². The molecule has 0 aliphatic heterocycles. The molecule has 0 spiro atoms. The Labute approximate surface area is 165 Å². The van der Waals surface area contributed by atoms with E-state index in [4.69, 9.17) is 0 Å². The van der Waals surface area contributed by atoms with Crippen LogP contribution in [0.3, 0.4) is 0 Å². The normalized spacial score (nSPS) is 11.1. The van der Waals surface area contributed by atoms with Gasteiger partial charge in [0.1, 0.15) is 28.2 Å². The van der Waals surface area contributed by atoms with Crippen molar-refractivity contribution in [2.75, 3.05) is 5.32 Å². The number of thiazole rings is 1. The van der Waals surface area contributed by atoms with Gasteiger partial charge in [0.2, 0.25) is 0 Å². The van der Waals surface area contributed by atoms with Crippen LogP contribution in [-0.2, 0) is 0 Å². The van der Waals surface area contributed by atoms with E-state index in [1.54, 1.807) is 0 Å². The van der Waals surface area contributed by atoms with Gasteiger partial charge in [-0.1, -0.05) is 28.1 Å². The second-order valence-electron chi connectivity index (χ2n) is 5.28. The highest BCUT2D eigenvalue weighted by Crippen LogP contribution is 2.29. The second-order valence-corrected chi connectivity index (χ2v) is 7.05. The molecule has 0 saturated heterocycles. The maximum Gasteiger partial charge on any atom is 0.295 e. The zero-order valence-corrected chi connectivity index (χ0v) is 15.9. The SMILES string of the molecule is N#C/C(=C\Nc1ccc(F)cc1[N+](=O)[O-])c1nc(-c2ccc(Br)cc2)cs1. The summed E-state index contributed by atoms with van der Waals surface area (Å²) in [5, 5.41) is 25.4. The smallest absolute Gasteiger partial charge is 0.295 e. The first kappa shape index (κ1) is 18.7. The number of allylic oxidation sites excluding steroid dienone is 1. The lowest BCUT2D eigenvalue weighted by atomic mass is 10.2. The van der Waals surface area contributed by atoms with E-state index in [1.807, 2.05) is 35.7 Å². The highest BCUT2D eigenvalue weighted by atomic mass is 79.9. The fraction of sp³-hybridized carbons (Fsp3) is 0. The molecule has 0 fully saturated rings. The number of halogens is 2. The van der Waals surface area contributed by atoms with Gasteiger partial charge in [0.15, 0.2) is 0 Å². The molecule has 6 nitrogen and oxygen atoms in total. The van der Waals surface area contributed by atoms with Crippen LogP contribution in [0.5, 0.6) is 0 Å². The van der Waals surface area contributed by atoms with Gasteiger partial charge in [0.25, 0.3) is 5.69 Å². The lowest BCUT2D eigenvalue weighted by Gasteiger charge is -2.03. The largest absolute Gasteiger partial charge is 0.355 e. The molecule has 3 aromatic rings. The molecule has 134 valence electrons. The van der Waals surface area contributed by atoms with Crippen molar-refractivity contribution >= 4 is 44.2 Å². The first-order chi connectivity index (χ1) is 13.0. The standard InChI is InChI=1S/C18H10BrFN4O2S/c19-13-3-1-11(2-4-13)16-10-27-18(23-16)12(8-21)9-22-15-6-5-14(20)7-17(15)24(25)26/h1-7,9-10,22H/b12-9+. The van der Waals surface area contributed by atoms with Gasteiger partial charge < -0.3 is 5.32 Å². The lowest BCUT2D eigenvalue weighted by molar-refractivity contribution is -0.384. The summed E-state index contributed by atoms with van der Waals surface area (Å²) in [6.45, 7) is 0. The predicted molar refractivity (Wildman–Crippen MR) is 106 cm³/mol. The average molecular weight is 445 g/mol. The van der Waals surface area contributed by atoms with Crippen LogP contribution in [0.25, 0.3) is 16.8 Å². The molecular formula is C18H10BrFN4O2S. The number of nitro benzene ring substituents is 1. The monoisotopic (exact) mass is 444 g/mol. The van der Waals surface area contributed by atoms with Gasteiger partial charge in [-0.3, -0.25) is 10.1 Å². The number of hydrogen-bond donors (Lipinski definition) is 1. The second kappa shape index (κ2) is 8.07. The molecular weight excluding hydrogens is 435 g/mol. The summed E-state index contributed by atoms with van der Waals surface area (Å²) in [6.07, 6.45) is 1.32. The third-order valence-corrected chi connectivity index (χ3v) is 4.93. The molecule has 1 N–H and O–H groups in total. The van der Waals surface area contributed by atoms with Crippen molar-refractivity contribution in [2.45, 2.75) is 0 Å². The number of aromatic nitrogens is 1. The van der Waals surface area contributed by atoms with Crippen LogP contribution in [-0.4, -0.2) is 9.91 Å². The number of nitrogens with one attached hydrogen (secondary N) is 1. The van der Waals surface area contributed by atoms with Crippen molar-refractivity contribution in [1.29, 1.82) is 5.26 Å². The minimum atomic E-state index is -0.712. The Morgan fingerprint density at radius 3 is 2.74 bits per heavy atom. The van der Waals surface area contributed by atoms with Crippen molar-refractivity contribution < 1.29 is 9.31 Å². The molecule has 0 aliphatic rings. The van der Waals surface area contributed by atoms with Gasteiger partial charge in [0, 0.05) is 21.6 Å². The van der Waals surface area contributed by atoms with Crippen molar-refractivity contribution in [3.05, 3.63) is 79.5 Å². The van der Waals surface area contributed by atoms with E-state index in [9.17, 15) is 19.8 Å². The Bertz CT molecular complexity index is 1070. The molecule has 1 heterocycles. The van der Waals surface area contributed by atoms with Crippen LogP contribution in [0.4, 0.5) is 15.8 Å². The number of rotatable bonds is 5. The van der Waals surface area contributed by atoms with Crippen LogP contribution in [0.15, 0.2) is 58.5 Å². The number of nitrogens with zero attached hydrogens (tertiary/aromatic N) is 3. The number of nitro groups is 1. The van der Waals surface area contributed by atoms with Crippen molar-refractivity contribution in [3.63, 3.8) is 0 Å².